The highest BCUT2D eigenvalue weighted by Crippen LogP contribution is 2.49. The molecule has 0 aliphatic carbocycles. The van der Waals surface area contributed by atoms with Gasteiger partial charge in [-0.2, -0.15) is 0 Å². The zero-order chi connectivity index (χ0) is 16.9. The Balaban J connectivity index is 2.70. The molecular weight excluding hydrogens is 296 g/mol. The van der Waals surface area contributed by atoms with Crippen molar-refractivity contribution < 1.29 is 24.8 Å². The van der Waals surface area contributed by atoms with E-state index in [0.29, 0.717) is 38.8 Å². The van der Waals surface area contributed by atoms with E-state index in [2.05, 4.69) is 0 Å². The average Bonchev–Trinajstić information content (AvgIpc) is 2.53. The van der Waals surface area contributed by atoms with Crippen LogP contribution in [0.2, 0.25) is 0 Å². The lowest BCUT2D eigenvalue weighted by molar-refractivity contribution is 0.361. The summed E-state index contributed by atoms with van der Waals surface area (Å²) in [6.07, 6.45) is 0. The molecule has 0 unspecified atom stereocenters. The molecule has 120 valence electrons. The predicted octanol–water partition coefficient (Wildman–Crippen LogP) is 3.74. The zero-order valence-corrected chi connectivity index (χ0v) is 13.4. The Kier molecular flexibility index (Phi) is 3.36. The van der Waals surface area contributed by atoms with Gasteiger partial charge in [0.1, 0.15) is 5.75 Å². The third kappa shape index (κ3) is 2.00. The van der Waals surface area contributed by atoms with Crippen LogP contribution in [0.15, 0.2) is 18.2 Å². The molecule has 0 fully saturated rings. The van der Waals surface area contributed by atoms with Gasteiger partial charge in [-0.1, -0.05) is 0 Å². The standard InChI is InChI=1S/C18H18O5/c1-8-5-12-10(6-13(8)19)11-7-14(20)16(21)9(2)15(11)18(23-4)17(12)22-3/h5-7,19-21H,1-4H3. The SMILES string of the molecule is COc1c(OC)c2c(C)c(O)c(O)cc2c2cc(O)c(C)cc12. The lowest BCUT2D eigenvalue weighted by Gasteiger charge is -2.18. The lowest BCUT2D eigenvalue weighted by Crippen LogP contribution is -1.96. The molecule has 5 heteroatoms. The van der Waals surface area contributed by atoms with Crippen LogP contribution >= 0.6 is 0 Å². The molecule has 0 atom stereocenters. The molecule has 0 aliphatic heterocycles. The summed E-state index contributed by atoms with van der Waals surface area (Å²) in [5.41, 5.74) is 1.19. The molecule has 3 rings (SSSR count). The highest BCUT2D eigenvalue weighted by molar-refractivity contribution is 6.16. The quantitative estimate of drug-likeness (QED) is 0.496. The molecule has 0 aliphatic rings. The van der Waals surface area contributed by atoms with E-state index in [1.54, 1.807) is 27.0 Å². The Bertz CT molecular complexity index is 944. The Morgan fingerprint density at radius 3 is 1.96 bits per heavy atom. The summed E-state index contributed by atoms with van der Waals surface area (Å²) in [6, 6.07) is 4.91. The average molecular weight is 314 g/mol. The van der Waals surface area contributed by atoms with E-state index in [1.165, 1.54) is 13.2 Å². The fourth-order valence-corrected chi connectivity index (χ4v) is 3.04. The van der Waals surface area contributed by atoms with E-state index in [0.717, 1.165) is 5.39 Å². The van der Waals surface area contributed by atoms with Gasteiger partial charge in [0.15, 0.2) is 23.0 Å². The number of phenolic OH excluding ortho intramolecular Hbond substituents is 3. The molecule has 0 bridgehead atoms. The normalized spacial score (nSPS) is 11.1. The summed E-state index contributed by atoms with van der Waals surface area (Å²) in [6.45, 7) is 3.49. The van der Waals surface area contributed by atoms with Crippen molar-refractivity contribution in [1.82, 2.24) is 0 Å². The monoisotopic (exact) mass is 314 g/mol. The number of aryl methyl sites for hydroxylation is 2. The summed E-state index contributed by atoms with van der Waals surface area (Å²) < 4.78 is 11.0. The van der Waals surface area contributed by atoms with Crippen molar-refractivity contribution in [3.8, 4) is 28.7 Å². The van der Waals surface area contributed by atoms with Crippen molar-refractivity contribution >= 4 is 21.5 Å². The molecule has 0 heterocycles. The third-order valence-corrected chi connectivity index (χ3v) is 4.24. The number of phenols is 3. The van der Waals surface area contributed by atoms with Crippen molar-refractivity contribution in [2.75, 3.05) is 14.2 Å². The van der Waals surface area contributed by atoms with Gasteiger partial charge in [0.05, 0.1) is 14.2 Å². The van der Waals surface area contributed by atoms with Crippen molar-refractivity contribution in [2.45, 2.75) is 13.8 Å². The molecule has 3 aromatic rings. The van der Waals surface area contributed by atoms with Gasteiger partial charge in [-0.05, 0) is 48.4 Å². The zero-order valence-electron chi connectivity index (χ0n) is 13.4. The number of benzene rings is 3. The first-order chi connectivity index (χ1) is 10.9. The van der Waals surface area contributed by atoms with Gasteiger partial charge in [-0.25, -0.2) is 0 Å². The van der Waals surface area contributed by atoms with Gasteiger partial charge in [-0.15, -0.1) is 0 Å². The molecular formula is C18H18O5. The molecule has 0 saturated heterocycles. The minimum Gasteiger partial charge on any atom is -0.508 e. The van der Waals surface area contributed by atoms with Crippen molar-refractivity contribution in [1.29, 1.82) is 0 Å². The van der Waals surface area contributed by atoms with Crippen LogP contribution in [0.4, 0.5) is 0 Å². The molecule has 0 amide bonds. The number of fused-ring (bicyclic) bond motifs is 3. The third-order valence-electron chi connectivity index (χ3n) is 4.24. The van der Waals surface area contributed by atoms with Crippen LogP contribution in [0, 0.1) is 13.8 Å². The molecule has 0 aromatic heterocycles. The largest absolute Gasteiger partial charge is 0.508 e. The van der Waals surface area contributed by atoms with Crippen LogP contribution in [0.3, 0.4) is 0 Å². The van der Waals surface area contributed by atoms with Gasteiger partial charge in [-0.3, -0.25) is 0 Å². The fourth-order valence-electron chi connectivity index (χ4n) is 3.04. The lowest BCUT2D eigenvalue weighted by atomic mass is 9.94. The predicted molar refractivity (Wildman–Crippen MR) is 89.0 cm³/mol. The molecule has 3 aromatic carbocycles. The van der Waals surface area contributed by atoms with Crippen LogP contribution in [0.5, 0.6) is 28.7 Å². The molecule has 23 heavy (non-hydrogen) atoms. The topological polar surface area (TPSA) is 79.2 Å². The van der Waals surface area contributed by atoms with Gasteiger partial charge in [0, 0.05) is 16.3 Å². The van der Waals surface area contributed by atoms with E-state index >= 15 is 0 Å². The number of aromatic hydroxyl groups is 3. The highest BCUT2D eigenvalue weighted by atomic mass is 16.5. The Labute approximate surface area is 133 Å². The number of methoxy groups -OCH3 is 2. The minimum absolute atomic E-state index is 0.149. The smallest absolute Gasteiger partial charge is 0.169 e. The Hall–Kier alpha value is -2.82. The minimum atomic E-state index is -0.219. The van der Waals surface area contributed by atoms with Crippen molar-refractivity contribution in [3.05, 3.63) is 29.3 Å². The summed E-state index contributed by atoms with van der Waals surface area (Å²) in [4.78, 5) is 0. The van der Waals surface area contributed by atoms with Crippen LogP contribution < -0.4 is 9.47 Å². The van der Waals surface area contributed by atoms with Gasteiger partial charge >= 0.3 is 0 Å². The van der Waals surface area contributed by atoms with E-state index in [1.807, 2.05) is 6.07 Å². The summed E-state index contributed by atoms with van der Waals surface area (Å²) in [5.74, 6) is 0.729. The molecule has 0 radical (unpaired) electrons. The van der Waals surface area contributed by atoms with Crippen LogP contribution in [0.25, 0.3) is 21.5 Å². The maximum atomic E-state index is 10.1. The van der Waals surface area contributed by atoms with E-state index < -0.39 is 0 Å². The number of ether oxygens (including phenoxy) is 2. The first kappa shape index (κ1) is 15.1. The first-order valence-electron chi connectivity index (χ1n) is 7.13. The number of hydrogen-bond donors (Lipinski definition) is 3. The Morgan fingerprint density at radius 1 is 0.739 bits per heavy atom. The molecule has 5 nitrogen and oxygen atoms in total. The van der Waals surface area contributed by atoms with Crippen molar-refractivity contribution in [2.24, 2.45) is 0 Å². The second-order valence-electron chi connectivity index (χ2n) is 5.54. The molecule has 3 N–H and O–H groups in total. The van der Waals surface area contributed by atoms with E-state index in [9.17, 15) is 15.3 Å². The maximum absolute atomic E-state index is 10.1. The maximum Gasteiger partial charge on any atom is 0.169 e. The van der Waals surface area contributed by atoms with Gasteiger partial charge in [0.25, 0.3) is 0 Å². The van der Waals surface area contributed by atoms with Crippen molar-refractivity contribution in [3.63, 3.8) is 0 Å². The van der Waals surface area contributed by atoms with Gasteiger partial charge < -0.3 is 24.8 Å². The number of hydrogen-bond acceptors (Lipinski definition) is 5. The summed E-state index contributed by atoms with van der Waals surface area (Å²) in [5, 5.41) is 32.9. The fraction of sp³-hybridized carbons (Fsp3) is 0.222. The van der Waals surface area contributed by atoms with Crippen LogP contribution in [-0.2, 0) is 0 Å². The highest BCUT2D eigenvalue weighted by Gasteiger charge is 2.21. The summed E-state index contributed by atoms with van der Waals surface area (Å²) >= 11 is 0. The number of rotatable bonds is 2. The summed E-state index contributed by atoms with van der Waals surface area (Å²) in [7, 11) is 3.07. The van der Waals surface area contributed by atoms with E-state index in [-0.39, 0.29) is 17.2 Å². The first-order valence-corrected chi connectivity index (χ1v) is 7.13. The van der Waals surface area contributed by atoms with Crippen LogP contribution in [-0.4, -0.2) is 29.5 Å². The second kappa shape index (κ2) is 5.12. The van der Waals surface area contributed by atoms with Crippen LogP contribution in [0.1, 0.15) is 11.1 Å². The molecule has 0 saturated carbocycles. The van der Waals surface area contributed by atoms with Gasteiger partial charge in [0.2, 0.25) is 0 Å². The van der Waals surface area contributed by atoms with E-state index in [4.69, 9.17) is 9.47 Å². The Morgan fingerprint density at radius 2 is 1.35 bits per heavy atom. The molecule has 0 spiro atoms. The second-order valence-corrected chi connectivity index (χ2v) is 5.54.